The maximum absolute atomic E-state index is 11.3. The monoisotopic (exact) mass is 205 g/mol. The van der Waals surface area contributed by atoms with Gasteiger partial charge in [0, 0.05) is 12.0 Å². The van der Waals surface area contributed by atoms with Gasteiger partial charge in [-0.2, -0.15) is 0 Å². The Balaban J connectivity index is 2.19. The molecule has 4 nitrogen and oxygen atoms in total. The standard InChI is InChI=1S/C11H11NO3/c1-7(5-8-3-2-4-15-8)9-6-10(13)12-11(9)14/h2-4H,5-6H2,1H3,(H,12,13,14). The lowest BCUT2D eigenvalue weighted by atomic mass is 10.0. The molecule has 1 N–H and O–H groups in total. The molecule has 0 bridgehead atoms. The van der Waals surface area contributed by atoms with Crippen LogP contribution in [0.4, 0.5) is 0 Å². The van der Waals surface area contributed by atoms with Gasteiger partial charge in [0.2, 0.25) is 5.91 Å². The minimum atomic E-state index is -0.274. The summed E-state index contributed by atoms with van der Waals surface area (Å²) in [6.07, 6.45) is 2.35. The van der Waals surface area contributed by atoms with E-state index < -0.39 is 0 Å². The first-order valence-electron chi connectivity index (χ1n) is 4.72. The van der Waals surface area contributed by atoms with Gasteiger partial charge in [0.15, 0.2) is 0 Å². The van der Waals surface area contributed by atoms with E-state index in [-0.39, 0.29) is 18.2 Å². The highest BCUT2D eigenvalue weighted by molar-refractivity contribution is 6.13. The topological polar surface area (TPSA) is 59.3 Å². The Morgan fingerprint density at radius 3 is 2.87 bits per heavy atom. The first-order chi connectivity index (χ1) is 7.16. The van der Waals surface area contributed by atoms with Crippen LogP contribution in [0.25, 0.3) is 0 Å². The fourth-order valence-corrected chi connectivity index (χ4v) is 1.61. The number of allylic oxidation sites excluding steroid dienone is 1. The lowest BCUT2D eigenvalue weighted by Gasteiger charge is -2.00. The summed E-state index contributed by atoms with van der Waals surface area (Å²) in [5.74, 6) is 0.296. The summed E-state index contributed by atoms with van der Waals surface area (Å²) in [7, 11) is 0. The van der Waals surface area contributed by atoms with Gasteiger partial charge in [0.25, 0.3) is 5.91 Å². The largest absolute Gasteiger partial charge is 0.469 e. The van der Waals surface area contributed by atoms with Gasteiger partial charge in [-0.05, 0) is 19.1 Å². The zero-order valence-corrected chi connectivity index (χ0v) is 8.37. The Labute approximate surface area is 87.0 Å². The normalized spacial score (nSPS) is 19.3. The van der Waals surface area contributed by atoms with E-state index in [1.807, 2.05) is 13.0 Å². The van der Waals surface area contributed by atoms with Crippen LogP contribution in [0.1, 0.15) is 19.1 Å². The number of hydrogen-bond acceptors (Lipinski definition) is 3. The highest BCUT2D eigenvalue weighted by Crippen LogP contribution is 2.18. The average Bonchev–Trinajstić information content (AvgIpc) is 2.75. The van der Waals surface area contributed by atoms with Crippen LogP contribution in [0.2, 0.25) is 0 Å². The van der Waals surface area contributed by atoms with Crippen molar-refractivity contribution in [2.24, 2.45) is 0 Å². The molecule has 78 valence electrons. The lowest BCUT2D eigenvalue weighted by Crippen LogP contribution is -2.19. The molecule has 2 heterocycles. The molecular weight excluding hydrogens is 194 g/mol. The molecule has 4 heteroatoms. The molecule has 1 aliphatic rings. The van der Waals surface area contributed by atoms with Gasteiger partial charge in [-0.1, -0.05) is 5.57 Å². The van der Waals surface area contributed by atoms with E-state index in [4.69, 9.17) is 4.42 Å². The minimum absolute atomic E-state index is 0.186. The Morgan fingerprint density at radius 2 is 2.33 bits per heavy atom. The predicted octanol–water partition coefficient (Wildman–Crippen LogP) is 1.19. The first-order valence-corrected chi connectivity index (χ1v) is 4.72. The fraction of sp³-hybridized carbons (Fsp3) is 0.273. The van der Waals surface area contributed by atoms with Crippen LogP contribution < -0.4 is 5.32 Å². The molecule has 0 aliphatic carbocycles. The minimum Gasteiger partial charge on any atom is -0.469 e. The Kier molecular flexibility index (Phi) is 2.41. The predicted molar refractivity (Wildman–Crippen MR) is 52.9 cm³/mol. The quantitative estimate of drug-likeness (QED) is 0.582. The number of hydrogen-bond donors (Lipinski definition) is 1. The van der Waals surface area contributed by atoms with Crippen molar-refractivity contribution in [3.8, 4) is 0 Å². The Hall–Kier alpha value is -1.84. The number of amides is 2. The van der Waals surface area contributed by atoms with Crippen molar-refractivity contribution >= 4 is 11.8 Å². The average molecular weight is 205 g/mol. The number of carbonyl (C=O) groups excluding carboxylic acids is 2. The van der Waals surface area contributed by atoms with Crippen molar-refractivity contribution in [2.45, 2.75) is 19.8 Å². The molecule has 1 aliphatic heterocycles. The molecular formula is C11H11NO3. The zero-order valence-electron chi connectivity index (χ0n) is 8.37. The van der Waals surface area contributed by atoms with Crippen molar-refractivity contribution in [3.63, 3.8) is 0 Å². The van der Waals surface area contributed by atoms with Gasteiger partial charge in [0.05, 0.1) is 12.7 Å². The third-order valence-electron chi connectivity index (χ3n) is 2.40. The third-order valence-corrected chi connectivity index (χ3v) is 2.40. The molecule has 1 aromatic heterocycles. The maximum atomic E-state index is 11.3. The van der Waals surface area contributed by atoms with E-state index in [2.05, 4.69) is 5.32 Å². The van der Waals surface area contributed by atoms with Crippen LogP contribution >= 0.6 is 0 Å². The van der Waals surface area contributed by atoms with E-state index >= 15 is 0 Å². The van der Waals surface area contributed by atoms with Crippen molar-refractivity contribution in [1.29, 1.82) is 0 Å². The molecule has 0 aromatic carbocycles. The molecule has 0 spiro atoms. The van der Waals surface area contributed by atoms with E-state index in [9.17, 15) is 9.59 Å². The summed E-state index contributed by atoms with van der Waals surface area (Å²) >= 11 is 0. The number of carbonyl (C=O) groups is 2. The molecule has 1 aromatic rings. The van der Waals surface area contributed by atoms with E-state index in [0.717, 1.165) is 11.3 Å². The third kappa shape index (κ3) is 1.98. The van der Waals surface area contributed by atoms with Crippen LogP contribution in [-0.2, 0) is 16.0 Å². The maximum Gasteiger partial charge on any atom is 0.254 e. The molecule has 0 unspecified atom stereocenters. The summed E-state index contributed by atoms with van der Waals surface area (Å²) in [5.41, 5.74) is 1.45. The smallest absolute Gasteiger partial charge is 0.254 e. The highest BCUT2D eigenvalue weighted by atomic mass is 16.3. The van der Waals surface area contributed by atoms with Crippen LogP contribution in [0, 0.1) is 0 Å². The van der Waals surface area contributed by atoms with Crippen molar-refractivity contribution in [1.82, 2.24) is 5.32 Å². The van der Waals surface area contributed by atoms with Crippen LogP contribution in [0.5, 0.6) is 0 Å². The number of rotatable bonds is 2. The molecule has 0 atom stereocenters. The van der Waals surface area contributed by atoms with Gasteiger partial charge in [-0.25, -0.2) is 0 Å². The summed E-state index contributed by atoms with van der Waals surface area (Å²) in [4.78, 5) is 22.3. The second-order valence-electron chi connectivity index (χ2n) is 3.57. The number of imide groups is 1. The van der Waals surface area contributed by atoms with Gasteiger partial charge >= 0.3 is 0 Å². The Morgan fingerprint density at radius 1 is 1.53 bits per heavy atom. The van der Waals surface area contributed by atoms with Crippen molar-refractivity contribution in [2.75, 3.05) is 0 Å². The molecule has 1 fully saturated rings. The molecule has 0 saturated carbocycles. The second-order valence-corrected chi connectivity index (χ2v) is 3.57. The molecule has 2 amide bonds. The SMILES string of the molecule is CC(Cc1ccco1)=C1CC(=O)NC1=O. The van der Waals surface area contributed by atoms with Gasteiger partial charge < -0.3 is 4.42 Å². The first kappa shape index (κ1) is 9.71. The summed E-state index contributed by atoms with van der Waals surface area (Å²) in [5, 5.41) is 2.26. The summed E-state index contributed by atoms with van der Waals surface area (Å²) in [6, 6.07) is 3.64. The van der Waals surface area contributed by atoms with Crippen molar-refractivity contribution < 1.29 is 14.0 Å². The van der Waals surface area contributed by atoms with Gasteiger partial charge in [0.1, 0.15) is 5.76 Å². The van der Waals surface area contributed by atoms with Crippen molar-refractivity contribution in [3.05, 3.63) is 35.3 Å². The number of furan rings is 1. The number of nitrogens with one attached hydrogen (secondary N) is 1. The fourth-order valence-electron chi connectivity index (χ4n) is 1.61. The molecule has 2 rings (SSSR count). The lowest BCUT2D eigenvalue weighted by molar-refractivity contribution is -0.124. The van der Waals surface area contributed by atoms with Gasteiger partial charge in [-0.3, -0.25) is 14.9 Å². The van der Waals surface area contributed by atoms with Crippen LogP contribution in [0.15, 0.2) is 34.0 Å². The molecule has 0 radical (unpaired) electrons. The Bertz CT molecular complexity index is 429. The van der Waals surface area contributed by atoms with E-state index in [1.54, 1.807) is 12.3 Å². The molecule has 1 saturated heterocycles. The van der Waals surface area contributed by atoms with E-state index in [0.29, 0.717) is 12.0 Å². The van der Waals surface area contributed by atoms with E-state index in [1.165, 1.54) is 0 Å². The highest BCUT2D eigenvalue weighted by Gasteiger charge is 2.25. The zero-order chi connectivity index (χ0) is 10.8. The second kappa shape index (κ2) is 3.73. The summed E-state index contributed by atoms with van der Waals surface area (Å²) < 4.78 is 5.17. The van der Waals surface area contributed by atoms with Gasteiger partial charge in [-0.15, -0.1) is 0 Å². The molecule has 15 heavy (non-hydrogen) atoms. The summed E-state index contributed by atoms with van der Waals surface area (Å²) in [6.45, 7) is 1.84. The van der Waals surface area contributed by atoms with Crippen LogP contribution in [-0.4, -0.2) is 11.8 Å². The van der Waals surface area contributed by atoms with Crippen LogP contribution in [0.3, 0.4) is 0 Å².